The molecule has 1 fully saturated rings. The highest BCUT2D eigenvalue weighted by Crippen LogP contribution is 2.36. The van der Waals surface area contributed by atoms with E-state index in [1.165, 1.54) is 4.90 Å². The minimum atomic E-state index is -1.22. The van der Waals surface area contributed by atoms with Gasteiger partial charge in [0.25, 0.3) is 0 Å². The minimum Gasteiger partial charge on any atom is -0.479 e. The van der Waals surface area contributed by atoms with Crippen LogP contribution >= 0.6 is 0 Å². The molecule has 1 aliphatic heterocycles. The Morgan fingerprint density at radius 2 is 2.00 bits per heavy atom. The third-order valence-corrected chi connectivity index (χ3v) is 4.53. The fraction of sp³-hybridized carbons (Fsp3) is 0.500. The van der Waals surface area contributed by atoms with Gasteiger partial charge in [-0.05, 0) is 31.7 Å². The maximum atomic E-state index is 12.9. The van der Waals surface area contributed by atoms with Gasteiger partial charge in [-0.15, -0.1) is 0 Å². The van der Waals surface area contributed by atoms with Crippen LogP contribution in [-0.2, 0) is 15.1 Å². The van der Waals surface area contributed by atoms with E-state index >= 15 is 0 Å². The molecule has 0 saturated carbocycles. The molecule has 0 radical (unpaired) electrons. The zero-order valence-corrected chi connectivity index (χ0v) is 12.5. The second-order valence-electron chi connectivity index (χ2n) is 5.82. The second kappa shape index (κ2) is 5.48. The van der Waals surface area contributed by atoms with Gasteiger partial charge >= 0.3 is 5.97 Å². The van der Waals surface area contributed by atoms with Crippen molar-refractivity contribution in [3.05, 3.63) is 35.9 Å². The standard InChI is InChI=1S/C16H22N2O3/c1-3-16(14(20)21)10-7-11-18(16)13(19)15(2,17)12-8-5-4-6-9-12/h4-6,8-9H,3,7,10-11,17H2,1-2H3,(H,20,21). The van der Waals surface area contributed by atoms with Gasteiger partial charge in [0.2, 0.25) is 5.91 Å². The van der Waals surface area contributed by atoms with Crippen molar-refractivity contribution in [2.45, 2.75) is 44.2 Å². The molecule has 1 saturated heterocycles. The molecule has 114 valence electrons. The topological polar surface area (TPSA) is 83.6 Å². The summed E-state index contributed by atoms with van der Waals surface area (Å²) < 4.78 is 0. The lowest BCUT2D eigenvalue weighted by Crippen LogP contribution is -2.59. The number of nitrogens with two attached hydrogens (primary N) is 1. The summed E-state index contributed by atoms with van der Waals surface area (Å²) in [6.07, 6.45) is 1.56. The summed E-state index contributed by atoms with van der Waals surface area (Å²) in [4.78, 5) is 26.0. The number of nitrogens with zero attached hydrogens (tertiary/aromatic N) is 1. The number of carboxylic acids is 1. The van der Waals surface area contributed by atoms with Crippen LogP contribution in [0.15, 0.2) is 30.3 Å². The Morgan fingerprint density at radius 3 is 2.52 bits per heavy atom. The van der Waals surface area contributed by atoms with Crippen LogP contribution in [-0.4, -0.2) is 34.0 Å². The van der Waals surface area contributed by atoms with E-state index in [1.807, 2.05) is 18.2 Å². The molecule has 0 spiro atoms. The third-order valence-electron chi connectivity index (χ3n) is 4.53. The van der Waals surface area contributed by atoms with Gasteiger partial charge in [0, 0.05) is 6.54 Å². The van der Waals surface area contributed by atoms with Crippen molar-refractivity contribution in [1.29, 1.82) is 0 Å². The van der Waals surface area contributed by atoms with Gasteiger partial charge < -0.3 is 15.7 Å². The van der Waals surface area contributed by atoms with Gasteiger partial charge in [-0.3, -0.25) is 4.79 Å². The molecule has 5 heteroatoms. The van der Waals surface area contributed by atoms with Gasteiger partial charge in [-0.1, -0.05) is 37.3 Å². The van der Waals surface area contributed by atoms with Crippen molar-refractivity contribution in [2.24, 2.45) is 5.73 Å². The molecule has 1 aliphatic rings. The summed E-state index contributed by atoms with van der Waals surface area (Å²) in [6, 6.07) is 9.09. The summed E-state index contributed by atoms with van der Waals surface area (Å²) in [5.74, 6) is -1.27. The Balaban J connectivity index is 2.37. The van der Waals surface area contributed by atoms with Crippen molar-refractivity contribution in [3.63, 3.8) is 0 Å². The van der Waals surface area contributed by atoms with E-state index in [1.54, 1.807) is 26.0 Å². The van der Waals surface area contributed by atoms with Crippen molar-refractivity contribution in [2.75, 3.05) is 6.54 Å². The molecule has 5 nitrogen and oxygen atoms in total. The van der Waals surface area contributed by atoms with E-state index in [2.05, 4.69) is 0 Å². The molecular formula is C16H22N2O3. The molecule has 1 amide bonds. The Bertz CT molecular complexity index is 542. The number of hydrogen-bond acceptors (Lipinski definition) is 3. The average molecular weight is 290 g/mol. The Labute approximate surface area is 124 Å². The van der Waals surface area contributed by atoms with Crippen molar-refractivity contribution in [1.82, 2.24) is 4.90 Å². The Hall–Kier alpha value is -1.88. The molecule has 2 atom stereocenters. The number of amides is 1. The fourth-order valence-electron chi connectivity index (χ4n) is 3.10. The van der Waals surface area contributed by atoms with E-state index in [-0.39, 0.29) is 5.91 Å². The molecule has 0 aliphatic carbocycles. The normalized spacial score (nSPS) is 24.6. The van der Waals surface area contributed by atoms with Crippen LogP contribution in [0.1, 0.15) is 38.7 Å². The van der Waals surface area contributed by atoms with Crippen molar-refractivity contribution >= 4 is 11.9 Å². The van der Waals surface area contributed by atoms with E-state index in [4.69, 9.17) is 5.73 Å². The number of rotatable bonds is 4. The molecular weight excluding hydrogens is 268 g/mol. The summed E-state index contributed by atoms with van der Waals surface area (Å²) >= 11 is 0. The second-order valence-corrected chi connectivity index (χ2v) is 5.82. The minimum absolute atomic E-state index is 0.324. The van der Waals surface area contributed by atoms with E-state index in [9.17, 15) is 14.7 Å². The lowest BCUT2D eigenvalue weighted by Gasteiger charge is -2.38. The SMILES string of the molecule is CCC1(C(=O)O)CCCN1C(=O)C(C)(N)c1ccccc1. The molecule has 0 bridgehead atoms. The number of likely N-dealkylation sites (tertiary alicyclic amines) is 1. The highest BCUT2D eigenvalue weighted by molar-refractivity contribution is 5.93. The zero-order chi connectivity index (χ0) is 15.7. The lowest BCUT2D eigenvalue weighted by molar-refractivity contribution is -0.159. The number of carbonyl (C=O) groups is 2. The molecule has 21 heavy (non-hydrogen) atoms. The fourth-order valence-corrected chi connectivity index (χ4v) is 3.10. The Kier molecular flexibility index (Phi) is 4.05. The smallest absolute Gasteiger partial charge is 0.329 e. The number of aliphatic carboxylic acids is 1. The summed E-state index contributed by atoms with van der Waals surface area (Å²) in [6.45, 7) is 3.89. The lowest BCUT2D eigenvalue weighted by atomic mass is 9.87. The van der Waals surface area contributed by atoms with E-state index in [0.717, 1.165) is 0 Å². The first kappa shape index (κ1) is 15.5. The number of carbonyl (C=O) groups excluding carboxylic acids is 1. The van der Waals surface area contributed by atoms with Gasteiger partial charge in [-0.2, -0.15) is 0 Å². The molecule has 1 heterocycles. The first-order chi connectivity index (χ1) is 9.86. The van der Waals surface area contributed by atoms with Gasteiger partial charge in [0.15, 0.2) is 0 Å². The highest BCUT2D eigenvalue weighted by Gasteiger charge is 2.51. The zero-order valence-electron chi connectivity index (χ0n) is 12.5. The van der Waals surface area contributed by atoms with Crippen LogP contribution < -0.4 is 5.73 Å². The van der Waals surface area contributed by atoms with Crippen LogP contribution in [0, 0.1) is 0 Å². The molecule has 1 aromatic rings. The van der Waals surface area contributed by atoms with Crippen molar-refractivity contribution in [3.8, 4) is 0 Å². The van der Waals surface area contributed by atoms with Crippen LogP contribution in [0.25, 0.3) is 0 Å². The molecule has 0 aromatic heterocycles. The van der Waals surface area contributed by atoms with Gasteiger partial charge in [0.1, 0.15) is 11.1 Å². The molecule has 3 N–H and O–H groups in total. The maximum Gasteiger partial charge on any atom is 0.329 e. The largest absolute Gasteiger partial charge is 0.479 e. The highest BCUT2D eigenvalue weighted by atomic mass is 16.4. The van der Waals surface area contributed by atoms with Crippen LogP contribution in [0.5, 0.6) is 0 Å². The first-order valence-corrected chi connectivity index (χ1v) is 7.26. The van der Waals surface area contributed by atoms with E-state index < -0.39 is 17.0 Å². The van der Waals surface area contributed by atoms with Crippen LogP contribution in [0.3, 0.4) is 0 Å². The van der Waals surface area contributed by atoms with Crippen LogP contribution in [0.4, 0.5) is 0 Å². The summed E-state index contributed by atoms with van der Waals surface area (Å²) in [5, 5.41) is 9.58. The molecule has 2 unspecified atom stereocenters. The van der Waals surface area contributed by atoms with Gasteiger partial charge in [0.05, 0.1) is 0 Å². The average Bonchev–Trinajstić information content (AvgIpc) is 2.92. The number of hydrogen-bond donors (Lipinski definition) is 2. The van der Waals surface area contributed by atoms with Crippen molar-refractivity contribution < 1.29 is 14.7 Å². The molecule has 2 rings (SSSR count). The molecule has 1 aromatic carbocycles. The Morgan fingerprint density at radius 1 is 1.38 bits per heavy atom. The number of carboxylic acid groups (broad SMARTS) is 1. The third kappa shape index (κ3) is 2.42. The first-order valence-electron chi connectivity index (χ1n) is 7.26. The summed E-state index contributed by atoms with van der Waals surface area (Å²) in [5.41, 5.74) is 4.61. The maximum absolute atomic E-state index is 12.9. The number of benzene rings is 1. The van der Waals surface area contributed by atoms with E-state index in [0.29, 0.717) is 31.4 Å². The van der Waals surface area contributed by atoms with Gasteiger partial charge in [-0.25, -0.2) is 4.79 Å². The predicted molar refractivity (Wildman–Crippen MR) is 79.6 cm³/mol. The quantitative estimate of drug-likeness (QED) is 0.884. The summed E-state index contributed by atoms with van der Waals surface area (Å²) in [7, 11) is 0. The van der Waals surface area contributed by atoms with Crippen LogP contribution in [0.2, 0.25) is 0 Å². The monoisotopic (exact) mass is 290 g/mol. The predicted octanol–water partition coefficient (Wildman–Crippen LogP) is 1.72.